The second-order valence-electron chi connectivity index (χ2n) is 3.55. The number of carboxylic acids is 1. The third-order valence-corrected chi connectivity index (χ3v) is 3.42. The molecule has 17 heavy (non-hydrogen) atoms. The number of nitrogens with zero attached hydrogens (tertiary/aromatic N) is 1. The molecule has 0 aliphatic carbocycles. The molecule has 7 heteroatoms. The smallest absolute Gasteiger partial charge is 0.327 e. The van der Waals surface area contributed by atoms with Crippen molar-refractivity contribution in [3.63, 3.8) is 0 Å². The summed E-state index contributed by atoms with van der Waals surface area (Å²) in [7, 11) is 0. The van der Waals surface area contributed by atoms with E-state index in [1.807, 2.05) is 6.92 Å². The van der Waals surface area contributed by atoms with E-state index in [0.717, 1.165) is 5.75 Å². The SMILES string of the molecule is CCOCCNC(=O)N1CCSCC1C(=O)O. The molecule has 6 nitrogen and oxygen atoms in total. The molecule has 1 atom stereocenters. The van der Waals surface area contributed by atoms with E-state index < -0.39 is 12.0 Å². The third kappa shape index (κ3) is 4.43. The van der Waals surface area contributed by atoms with Crippen LogP contribution < -0.4 is 5.32 Å². The maximum Gasteiger partial charge on any atom is 0.327 e. The number of thioether (sulfide) groups is 1. The summed E-state index contributed by atoms with van der Waals surface area (Å²) in [5, 5.41) is 11.7. The van der Waals surface area contributed by atoms with Crippen molar-refractivity contribution in [2.24, 2.45) is 0 Å². The van der Waals surface area contributed by atoms with Crippen molar-refractivity contribution in [1.29, 1.82) is 0 Å². The molecule has 2 N–H and O–H groups in total. The lowest BCUT2D eigenvalue weighted by molar-refractivity contribution is -0.141. The van der Waals surface area contributed by atoms with Crippen LogP contribution in [0.5, 0.6) is 0 Å². The van der Waals surface area contributed by atoms with E-state index in [1.165, 1.54) is 4.90 Å². The average molecular weight is 262 g/mol. The van der Waals surface area contributed by atoms with Crippen molar-refractivity contribution in [1.82, 2.24) is 10.2 Å². The Morgan fingerprint density at radius 3 is 3.00 bits per heavy atom. The van der Waals surface area contributed by atoms with Crippen molar-refractivity contribution < 1.29 is 19.4 Å². The van der Waals surface area contributed by atoms with Gasteiger partial charge < -0.3 is 20.1 Å². The highest BCUT2D eigenvalue weighted by molar-refractivity contribution is 7.99. The largest absolute Gasteiger partial charge is 0.480 e. The van der Waals surface area contributed by atoms with Crippen LogP contribution in [0.3, 0.4) is 0 Å². The number of nitrogens with one attached hydrogen (secondary N) is 1. The number of carbonyl (C=O) groups is 2. The zero-order valence-electron chi connectivity index (χ0n) is 9.85. The topological polar surface area (TPSA) is 78.9 Å². The van der Waals surface area contributed by atoms with E-state index in [0.29, 0.717) is 32.1 Å². The summed E-state index contributed by atoms with van der Waals surface area (Å²) in [6.45, 7) is 3.81. The van der Waals surface area contributed by atoms with Gasteiger partial charge in [-0.3, -0.25) is 0 Å². The Morgan fingerprint density at radius 2 is 2.35 bits per heavy atom. The van der Waals surface area contributed by atoms with Gasteiger partial charge in [0.25, 0.3) is 0 Å². The van der Waals surface area contributed by atoms with Crippen LogP contribution in [0.25, 0.3) is 0 Å². The zero-order chi connectivity index (χ0) is 12.7. The molecule has 1 heterocycles. The van der Waals surface area contributed by atoms with Gasteiger partial charge in [0.15, 0.2) is 0 Å². The number of amides is 2. The number of rotatable bonds is 5. The molecule has 0 bridgehead atoms. The van der Waals surface area contributed by atoms with E-state index >= 15 is 0 Å². The number of carbonyl (C=O) groups excluding carboxylic acids is 1. The molecule has 1 unspecified atom stereocenters. The second-order valence-corrected chi connectivity index (χ2v) is 4.70. The summed E-state index contributed by atoms with van der Waals surface area (Å²) >= 11 is 1.56. The summed E-state index contributed by atoms with van der Waals surface area (Å²) in [6, 6.07) is -1.04. The lowest BCUT2D eigenvalue weighted by Gasteiger charge is -2.32. The van der Waals surface area contributed by atoms with Gasteiger partial charge in [-0.1, -0.05) is 0 Å². The van der Waals surface area contributed by atoms with Crippen LogP contribution in [0, 0.1) is 0 Å². The molecule has 2 amide bonds. The maximum atomic E-state index is 11.8. The summed E-state index contributed by atoms with van der Waals surface area (Å²) in [4.78, 5) is 24.1. The van der Waals surface area contributed by atoms with Crippen LogP contribution in [0.4, 0.5) is 4.79 Å². The van der Waals surface area contributed by atoms with Gasteiger partial charge in [-0.05, 0) is 6.92 Å². The van der Waals surface area contributed by atoms with Crippen LogP contribution in [-0.4, -0.2) is 65.9 Å². The van der Waals surface area contributed by atoms with Gasteiger partial charge >= 0.3 is 12.0 Å². The Morgan fingerprint density at radius 1 is 1.59 bits per heavy atom. The molecule has 0 aromatic carbocycles. The molecule has 1 aliphatic heterocycles. The number of hydrogen-bond acceptors (Lipinski definition) is 4. The molecule has 0 saturated carbocycles. The molecule has 0 aromatic heterocycles. The lowest BCUT2D eigenvalue weighted by atomic mass is 10.3. The number of aliphatic carboxylic acids is 1. The Balaban J connectivity index is 2.39. The van der Waals surface area contributed by atoms with Crippen molar-refractivity contribution in [3.8, 4) is 0 Å². The summed E-state index contributed by atoms with van der Waals surface area (Å²) in [5.74, 6) is 0.286. The Hall–Kier alpha value is -0.950. The van der Waals surface area contributed by atoms with Gasteiger partial charge in [0.05, 0.1) is 6.61 Å². The molecular formula is C10H18N2O4S. The quantitative estimate of drug-likeness (QED) is 0.694. The van der Waals surface area contributed by atoms with Crippen molar-refractivity contribution in [3.05, 3.63) is 0 Å². The fourth-order valence-electron chi connectivity index (χ4n) is 1.53. The standard InChI is InChI=1S/C10H18N2O4S/c1-2-16-5-3-11-10(15)12-4-6-17-7-8(12)9(13)14/h8H,2-7H2,1H3,(H,11,15)(H,13,14). The highest BCUT2D eigenvalue weighted by Crippen LogP contribution is 2.16. The monoisotopic (exact) mass is 262 g/mol. The van der Waals surface area contributed by atoms with Gasteiger partial charge in [0, 0.05) is 31.2 Å². The van der Waals surface area contributed by atoms with Gasteiger partial charge in [0.2, 0.25) is 0 Å². The number of ether oxygens (including phenoxy) is 1. The first kappa shape index (κ1) is 14.1. The summed E-state index contributed by atoms with van der Waals surface area (Å²) < 4.78 is 5.09. The van der Waals surface area contributed by atoms with Crippen LogP contribution in [0.15, 0.2) is 0 Å². The van der Waals surface area contributed by atoms with Crippen molar-refractivity contribution in [2.45, 2.75) is 13.0 Å². The highest BCUT2D eigenvalue weighted by Gasteiger charge is 2.32. The molecule has 98 valence electrons. The Bertz CT molecular complexity index is 275. The molecule has 0 aromatic rings. The van der Waals surface area contributed by atoms with Gasteiger partial charge in [0.1, 0.15) is 6.04 Å². The minimum atomic E-state index is -0.947. The summed E-state index contributed by atoms with van der Waals surface area (Å²) in [5.41, 5.74) is 0. The molecule has 1 rings (SSSR count). The number of urea groups is 1. The first-order valence-corrected chi connectivity index (χ1v) is 6.75. The molecule has 1 fully saturated rings. The fraction of sp³-hybridized carbons (Fsp3) is 0.800. The van der Waals surface area contributed by atoms with E-state index in [-0.39, 0.29) is 6.03 Å². The predicted molar refractivity (Wildman–Crippen MR) is 65.3 cm³/mol. The predicted octanol–water partition coefficient (Wildman–Crippen LogP) is 0.234. The van der Waals surface area contributed by atoms with Crippen LogP contribution in [0.2, 0.25) is 0 Å². The zero-order valence-corrected chi connectivity index (χ0v) is 10.7. The molecule has 0 spiro atoms. The summed E-state index contributed by atoms with van der Waals surface area (Å²) in [6.07, 6.45) is 0. The minimum Gasteiger partial charge on any atom is -0.480 e. The van der Waals surface area contributed by atoms with Crippen molar-refractivity contribution in [2.75, 3.05) is 37.8 Å². The van der Waals surface area contributed by atoms with Crippen LogP contribution in [0.1, 0.15) is 6.92 Å². The number of carboxylic acid groups (broad SMARTS) is 1. The minimum absolute atomic E-state index is 0.322. The third-order valence-electron chi connectivity index (χ3n) is 2.40. The van der Waals surface area contributed by atoms with Crippen LogP contribution in [-0.2, 0) is 9.53 Å². The Kier molecular flexibility index (Phi) is 6.13. The lowest BCUT2D eigenvalue weighted by Crippen LogP contribution is -2.54. The maximum absolute atomic E-state index is 11.8. The van der Waals surface area contributed by atoms with E-state index in [2.05, 4.69) is 5.32 Å². The molecular weight excluding hydrogens is 244 g/mol. The number of hydrogen-bond donors (Lipinski definition) is 2. The van der Waals surface area contributed by atoms with E-state index in [1.54, 1.807) is 11.8 Å². The van der Waals surface area contributed by atoms with Crippen molar-refractivity contribution >= 4 is 23.8 Å². The Labute approximate surface area is 105 Å². The first-order valence-electron chi connectivity index (χ1n) is 5.59. The van der Waals surface area contributed by atoms with Gasteiger partial charge in [-0.2, -0.15) is 11.8 Å². The normalized spacial score (nSPS) is 20.1. The van der Waals surface area contributed by atoms with Gasteiger partial charge in [-0.25, -0.2) is 9.59 Å². The molecule has 1 aliphatic rings. The van der Waals surface area contributed by atoms with E-state index in [4.69, 9.17) is 9.84 Å². The van der Waals surface area contributed by atoms with Crippen LogP contribution >= 0.6 is 11.8 Å². The average Bonchev–Trinajstić information content (AvgIpc) is 2.34. The fourth-order valence-corrected chi connectivity index (χ4v) is 2.57. The second kappa shape index (κ2) is 7.39. The highest BCUT2D eigenvalue weighted by atomic mass is 32.2. The first-order chi connectivity index (χ1) is 8.16. The van der Waals surface area contributed by atoms with E-state index in [9.17, 15) is 9.59 Å². The van der Waals surface area contributed by atoms with Gasteiger partial charge in [-0.15, -0.1) is 0 Å². The molecule has 1 saturated heterocycles. The molecule has 0 radical (unpaired) electrons.